The summed E-state index contributed by atoms with van der Waals surface area (Å²) in [6.07, 6.45) is 1.24. The third-order valence-corrected chi connectivity index (χ3v) is 5.11. The van der Waals surface area contributed by atoms with Gasteiger partial charge in [-0.1, -0.05) is 24.3 Å². The van der Waals surface area contributed by atoms with E-state index in [9.17, 15) is 23.1 Å². The third-order valence-electron chi connectivity index (χ3n) is 3.61. The summed E-state index contributed by atoms with van der Waals surface area (Å²) in [5.74, 6) is -2.52. The van der Waals surface area contributed by atoms with E-state index in [1.807, 2.05) is 31.2 Å². The molecular formula is C15H21NO5S. The number of aryl methyl sites for hydroxylation is 1. The van der Waals surface area contributed by atoms with Gasteiger partial charge in [0.25, 0.3) is 0 Å². The van der Waals surface area contributed by atoms with E-state index < -0.39 is 32.9 Å². The van der Waals surface area contributed by atoms with Crippen LogP contribution in [0.15, 0.2) is 24.3 Å². The largest absolute Gasteiger partial charge is 0.481 e. The van der Waals surface area contributed by atoms with Crippen molar-refractivity contribution in [2.24, 2.45) is 5.92 Å². The van der Waals surface area contributed by atoms with E-state index in [4.69, 9.17) is 0 Å². The van der Waals surface area contributed by atoms with Crippen molar-refractivity contribution in [1.29, 1.82) is 0 Å². The molecule has 0 bridgehead atoms. The molecule has 1 rings (SSSR count). The number of aliphatic carboxylic acids is 1. The Morgan fingerprint density at radius 2 is 1.86 bits per heavy atom. The Labute approximate surface area is 130 Å². The first-order chi connectivity index (χ1) is 10.1. The van der Waals surface area contributed by atoms with Crippen molar-refractivity contribution >= 4 is 21.7 Å². The molecule has 2 atom stereocenters. The maximum atomic E-state index is 11.8. The molecule has 0 aromatic heterocycles. The molecule has 1 aromatic carbocycles. The van der Waals surface area contributed by atoms with E-state index in [1.54, 1.807) is 0 Å². The summed E-state index contributed by atoms with van der Waals surface area (Å²) in [4.78, 5) is 23.1. The van der Waals surface area contributed by atoms with Gasteiger partial charge in [0.1, 0.15) is 5.25 Å². The van der Waals surface area contributed by atoms with Crippen molar-refractivity contribution in [3.8, 4) is 0 Å². The summed E-state index contributed by atoms with van der Waals surface area (Å²) < 4.78 is 22.6. The zero-order chi connectivity index (χ0) is 16.9. The highest BCUT2D eigenvalue weighted by Crippen LogP contribution is 2.13. The average molecular weight is 327 g/mol. The molecule has 0 aliphatic carbocycles. The number of sulfone groups is 1. The van der Waals surface area contributed by atoms with E-state index in [2.05, 4.69) is 5.32 Å². The van der Waals surface area contributed by atoms with Crippen LogP contribution in [-0.2, 0) is 25.8 Å². The molecule has 0 saturated carbocycles. The van der Waals surface area contributed by atoms with Gasteiger partial charge >= 0.3 is 5.97 Å². The fraction of sp³-hybridized carbons (Fsp3) is 0.467. The van der Waals surface area contributed by atoms with Crippen molar-refractivity contribution in [2.45, 2.75) is 25.5 Å². The highest BCUT2D eigenvalue weighted by Gasteiger charge is 2.26. The first-order valence-corrected chi connectivity index (χ1v) is 8.82. The van der Waals surface area contributed by atoms with Gasteiger partial charge in [-0.05, 0) is 31.4 Å². The molecule has 0 fully saturated rings. The summed E-state index contributed by atoms with van der Waals surface area (Å²) in [7, 11) is -3.50. The lowest BCUT2D eigenvalue weighted by atomic mass is 9.96. The Bertz CT molecular complexity index is 654. The molecule has 7 heteroatoms. The molecule has 0 spiro atoms. The van der Waals surface area contributed by atoms with Crippen LogP contribution < -0.4 is 5.32 Å². The van der Waals surface area contributed by atoms with Crippen LogP contribution in [0.2, 0.25) is 0 Å². The number of hydrogen-bond acceptors (Lipinski definition) is 4. The Kier molecular flexibility index (Phi) is 6.11. The maximum Gasteiger partial charge on any atom is 0.308 e. The predicted molar refractivity (Wildman–Crippen MR) is 83.3 cm³/mol. The van der Waals surface area contributed by atoms with Gasteiger partial charge in [0.05, 0.1) is 5.92 Å². The van der Waals surface area contributed by atoms with E-state index in [-0.39, 0.29) is 13.0 Å². The van der Waals surface area contributed by atoms with Gasteiger partial charge in [-0.15, -0.1) is 0 Å². The fourth-order valence-electron chi connectivity index (χ4n) is 1.91. The minimum atomic E-state index is -3.50. The number of amides is 1. The zero-order valence-corrected chi connectivity index (χ0v) is 13.7. The number of rotatable bonds is 7. The lowest BCUT2D eigenvalue weighted by Gasteiger charge is -2.16. The second kappa shape index (κ2) is 7.40. The highest BCUT2D eigenvalue weighted by atomic mass is 32.2. The van der Waals surface area contributed by atoms with Crippen LogP contribution >= 0.6 is 0 Å². The van der Waals surface area contributed by atoms with Gasteiger partial charge in [0.2, 0.25) is 5.91 Å². The van der Waals surface area contributed by atoms with Crippen molar-refractivity contribution in [3.05, 3.63) is 35.4 Å². The standard InChI is InChI=1S/C15H21NO5S/c1-10-6-4-5-7-12(10)8-13(15(18)19)9-16-14(17)11(2)22(3,20)21/h4-7,11,13H,8-9H2,1-3H3,(H,16,17)(H,18,19)/t11-,13-/m1/s1. The Balaban J connectivity index is 2.72. The summed E-state index contributed by atoms with van der Waals surface area (Å²) in [6.45, 7) is 3.06. The van der Waals surface area contributed by atoms with Crippen molar-refractivity contribution in [3.63, 3.8) is 0 Å². The molecule has 0 aliphatic rings. The monoisotopic (exact) mass is 327 g/mol. The molecule has 1 aromatic rings. The molecule has 1 amide bonds. The molecule has 2 N–H and O–H groups in total. The molecule has 0 unspecified atom stereocenters. The summed E-state index contributed by atoms with van der Waals surface area (Å²) in [6, 6.07) is 7.42. The van der Waals surface area contributed by atoms with E-state index in [0.717, 1.165) is 17.4 Å². The SMILES string of the molecule is Cc1ccccc1C[C@H](CNC(=O)[C@@H](C)S(C)(=O)=O)C(=O)O. The number of benzene rings is 1. The van der Waals surface area contributed by atoms with Gasteiger partial charge in [0, 0.05) is 12.8 Å². The van der Waals surface area contributed by atoms with Gasteiger partial charge in [-0.3, -0.25) is 9.59 Å². The van der Waals surface area contributed by atoms with Gasteiger partial charge in [0.15, 0.2) is 9.84 Å². The zero-order valence-electron chi connectivity index (χ0n) is 12.9. The third kappa shape index (κ3) is 5.14. The number of carbonyl (C=O) groups is 2. The first-order valence-electron chi connectivity index (χ1n) is 6.86. The van der Waals surface area contributed by atoms with Crippen LogP contribution in [0.3, 0.4) is 0 Å². The number of hydrogen-bond donors (Lipinski definition) is 2. The number of carboxylic acids is 1. The first kappa shape index (κ1) is 18.2. The lowest BCUT2D eigenvalue weighted by molar-refractivity contribution is -0.141. The van der Waals surface area contributed by atoms with Crippen molar-refractivity contribution in [1.82, 2.24) is 5.32 Å². The van der Waals surface area contributed by atoms with Crippen molar-refractivity contribution in [2.75, 3.05) is 12.8 Å². The Morgan fingerprint density at radius 3 is 2.36 bits per heavy atom. The smallest absolute Gasteiger partial charge is 0.308 e. The van der Waals surface area contributed by atoms with E-state index in [0.29, 0.717) is 0 Å². The van der Waals surface area contributed by atoms with Crippen LogP contribution in [0.25, 0.3) is 0 Å². The summed E-state index contributed by atoms with van der Waals surface area (Å²) in [5.41, 5.74) is 1.87. The average Bonchev–Trinajstić information content (AvgIpc) is 2.42. The fourth-order valence-corrected chi connectivity index (χ4v) is 2.39. The van der Waals surface area contributed by atoms with Crippen LogP contribution in [0, 0.1) is 12.8 Å². The van der Waals surface area contributed by atoms with Crippen LogP contribution in [0.4, 0.5) is 0 Å². The molecule has 0 aliphatic heterocycles. The molecular weight excluding hydrogens is 306 g/mol. The molecule has 0 saturated heterocycles. The molecule has 6 nitrogen and oxygen atoms in total. The summed E-state index contributed by atoms with van der Waals surface area (Å²) >= 11 is 0. The van der Waals surface area contributed by atoms with Crippen molar-refractivity contribution < 1.29 is 23.1 Å². The normalized spacial score (nSPS) is 14.1. The van der Waals surface area contributed by atoms with Gasteiger partial charge in [-0.2, -0.15) is 0 Å². The molecule has 122 valence electrons. The van der Waals surface area contributed by atoms with Crippen LogP contribution in [0.1, 0.15) is 18.1 Å². The lowest BCUT2D eigenvalue weighted by Crippen LogP contribution is -2.41. The number of carbonyl (C=O) groups excluding carboxylic acids is 1. The van der Waals surface area contributed by atoms with E-state index in [1.165, 1.54) is 6.92 Å². The maximum absolute atomic E-state index is 11.8. The van der Waals surface area contributed by atoms with Gasteiger partial charge < -0.3 is 10.4 Å². The number of carboxylic acid groups (broad SMARTS) is 1. The molecule has 0 radical (unpaired) electrons. The minimum Gasteiger partial charge on any atom is -0.481 e. The van der Waals surface area contributed by atoms with E-state index >= 15 is 0 Å². The summed E-state index contributed by atoms with van der Waals surface area (Å²) in [5, 5.41) is 10.5. The Hall–Kier alpha value is -1.89. The number of nitrogens with one attached hydrogen (secondary N) is 1. The van der Waals surface area contributed by atoms with Crippen LogP contribution in [-0.4, -0.2) is 43.5 Å². The predicted octanol–water partition coefficient (Wildman–Crippen LogP) is 0.788. The van der Waals surface area contributed by atoms with Gasteiger partial charge in [-0.25, -0.2) is 8.42 Å². The second-order valence-electron chi connectivity index (χ2n) is 5.38. The highest BCUT2D eigenvalue weighted by molar-refractivity contribution is 7.92. The van der Waals surface area contributed by atoms with Crippen LogP contribution in [0.5, 0.6) is 0 Å². The minimum absolute atomic E-state index is 0.109. The second-order valence-corrected chi connectivity index (χ2v) is 7.75. The Morgan fingerprint density at radius 1 is 1.27 bits per heavy atom. The topological polar surface area (TPSA) is 101 Å². The quantitative estimate of drug-likeness (QED) is 0.771. The molecule has 22 heavy (non-hydrogen) atoms. The molecule has 0 heterocycles.